The van der Waals surface area contributed by atoms with Gasteiger partial charge in [0.15, 0.2) is 11.3 Å². The third kappa shape index (κ3) is 3.10. The maximum absolute atomic E-state index is 15.8. The summed E-state index contributed by atoms with van der Waals surface area (Å²) >= 11 is 0. The third-order valence-electron chi connectivity index (χ3n) is 5.95. The number of nitrogens with zero attached hydrogens (tertiary/aromatic N) is 7. The summed E-state index contributed by atoms with van der Waals surface area (Å²) < 4.78 is 46.3. The SMILES string of the molecule is Cc1cc(C)nc(N2C[C@]3(F)CN(C(=O)c4c(F)cccc4-n4nccn4)C[C@]3(F)C2)n1. The van der Waals surface area contributed by atoms with Crippen LogP contribution in [0.3, 0.4) is 0 Å². The molecular formula is C21H20F3N7O. The predicted molar refractivity (Wildman–Crippen MR) is 109 cm³/mol. The Balaban J connectivity index is 1.43. The van der Waals surface area contributed by atoms with Crippen LogP contribution in [0.1, 0.15) is 21.7 Å². The van der Waals surface area contributed by atoms with E-state index in [-0.39, 0.29) is 30.3 Å². The second-order valence-corrected chi connectivity index (χ2v) is 8.35. The van der Waals surface area contributed by atoms with Crippen LogP contribution in [0.5, 0.6) is 0 Å². The lowest BCUT2D eigenvalue weighted by molar-refractivity contribution is 0.0491. The van der Waals surface area contributed by atoms with Crippen molar-refractivity contribution in [3.63, 3.8) is 0 Å². The van der Waals surface area contributed by atoms with Crippen LogP contribution >= 0.6 is 0 Å². The quantitative estimate of drug-likeness (QED) is 0.618. The van der Waals surface area contributed by atoms with Gasteiger partial charge in [-0.3, -0.25) is 4.79 Å². The van der Waals surface area contributed by atoms with E-state index in [0.29, 0.717) is 11.4 Å². The van der Waals surface area contributed by atoms with E-state index in [9.17, 15) is 9.18 Å². The maximum atomic E-state index is 15.8. The summed E-state index contributed by atoms with van der Waals surface area (Å²) in [4.78, 5) is 25.4. The summed E-state index contributed by atoms with van der Waals surface area (Å²) in [5, 5.41) is 7.88. The summed E-state index contributed by atoms with van der Waals surface area (Å²) in [6.45, 7) is 1.94. The number of benzene rings is 1. The highest BCUT2D eigenvalue weighted by Crippen LogP contribution is 2.46. The average Bonchev–Trinajstić information content (AvgIpc) is 3.39. The summed E-state index contributed by atoms with van der Waals surface area (Å²) in [7, 11) is 0. The van der Waals surface area contributed by atoms with E-state index in [0.717, 1.165) is 15.8 Å². The molecule has 0 unspecified atom stereocenters. The minimum atomic E-state index is -2.33. The number of halogens is 3. The fraction of sp³-hybridized carbons (Fsp3) is 0.381. The standard InChI is InChI=1S/C21H20F3N7O/c1-13-8-14(2)28-19(27-13)30-11-20(23)9-29(10-21(20,24)12-30)18(32)17-15(22)4-3-5-16(17)31-25-6-7-26-31/h3-8H,9-12H2,1-2H3/t20-,21+. The van der Waals surface area contributed by atoms with Gasteiger partial charge in [-0.1, -0.05) is 6.07 Å². The van der Waals surface area contributed by atoms with E-state index in [1.54, 1.807) is 19.9 Å². The number of anilines is 1. The molecule has 0 aliphatic carbocycles. The molecule has 1 amide bonds. The first-order valence-corrected chi connectivity index (χ1v) is 10.1. The van der Waals surface area contributed by atoms with Gasteiger partial charge in [0.25, 0.3) is 5.91 Å². The van der Waals surface area contributed by atoms with Crippen molar-refractivity contribution >= 4 is 11.9 Å². The van der Waals surface area contributed by atoms with Crippen LogP contribution in [0.4, 0.5) is 19.1 Å². The zero-order valence-electron chi connectivity index (χ0n) is 17.5. The van der Waals surface area contributed by atoms with Gasteiger partial charge >= 0.3 is 0 Å². The number of hydrogen-bond acceptors (Lipinski definition) is 6. The minimum absolute atomic E-state index is 0.100. The molecule has 0 spiro atoms. The number of alkyl halides is 2. The molecule has 11 heteroatoms. The lowest BCUT2D eigenvalue weighted by atomic mass is 9.94. The second-order valence-electron chi connectivity index (χ2n) is 8.35. The van der Waals surface area contributed by atoms with Crippen molar-refractivity contribution in [3.05, 3.63) is 59.4 Å². The first-order chi connectivity index (χ1) is 15.2. The zero-order valence-corrected chi connectivity index (χ0v) is 17.5. The Kier molecular flexibility index (Phi) is 4.47. The molecule has 2 atom stereocenters. The van der Waals surface area contributed by atoms with Crippen LogP contribution < -0.4 is 4.90 Å². The molecule has 3 aromatic rings. The molecule has 0 bridgehead atoms. The Hall–Kier alpha value is -3.50. The lowest BCUT2D eigenvalue weighted by Crippen LogP contribution is -2.44. The van der Waals surface area contributed by atoms with Gasteiger partial charge in [0.2, 0.25) is 5.95 Å². The van der Waals surface area contributed by atoms with E-state index in [2.05, 4.69) is 20.2 Å². The van der Waals surface area contributed by atoms with Crippen LogP contribution in [0, 0.1) is 19.7 Å². The first-order valence-electron chi connectivity index (χ1n) is 10.1. The number of carbonyl (C=O) groups is 1. The normalized spacial score (nSPS) is 24.8. The van der Waals surface area contributed by atoms with Gasteiger partial charge in [-0.05, 0) is 32.0 Å². The Bertz CT molecular complexity index is 1160. The molecule has 0 N–H and O–H groups in total. The van der Waals surface area contributed by atoms with Crippen molar-refractivity contribution < 1.29 is 18.0 Å². The number of fused-ring (bicyclic) bond motifs is 1. The highest BCUT2D eigenvalue weighted by Gasteiger charge is 2.67. The van der Waals surface area contributed by atoms with Crippen molar-refractivity contribution in [1.82, 2.24) is 29.9 Å². The molecule has 32 heavy (non-hydrogen) atoms. The van der Waals surface area contributed by atoms with E-state index >= 15 is 8.78 Å². The van der Waals surface area contributed by atoms with E-state index < -0.39 is 36.2 Å². The number of likely N-dealkylation sites (tertiary alicyclic amines) is 1. The van der Waals surface area contributed by atoms with Gasteiger partial charge < -0.3 is 9.80 Å². The van der Waals surface area contributed by atoms with Crippen molar-refractivity contribution in [3.8, 4) is 5.69 Å². The maximum Gasteiger partial charge on any atom is 0.259 e. The van der Waals surface area contributed by atoms with Crippen LogP contribution in [0.15, 0.2) is 36.7 Å². The van der Waals surface area contributed by atoms with E-state index in [4.69, 9.17) is 0 Å². The van der Waals surface area contributed by atoms with Gasteiger partial charge in [0.05, 0.1) is 38.6 Å². The Labute approximate surface area is 181 Å². The molecule has 0 saturated carbocycles. The zero-order chi connectivity index (χ0) is 22.7. The fourth-order valence-corrected chi connectivity index (χ4v) is 4.51. The highest BCUT2D eigenvalue weighted by atomic mass is 19.2. The molecular weight excluding hydrogens is 423 g/mol. The van der Waals surface area contributed by atoms with Gasteiger partial charge in [-0.25, -0.2) is 23.1 Å². The molecule has 2 saturated heterocycles. The largest absolute Gasteiger partial charge is 0.334 e. The van der Waals surface area contributed by atoms with Gasteiger partial charge in [-0.2, -0.15) is 15.0 Å². The number of hydrogen-bond donors (Lipinski definition) is 0. The molecule has 1 aromatic carbocycles. The van der Waals surface area contributed by atoms with Crippen LogP contribution in [-0.4, -0.2) is 73.3 Å². The molecule has 2 aliphatic heterocycles. The Morgan fingerprint density at radius 1 is 0.969 bits per heavy atom. The topological polar surface area (TPSA) is 80.0 Å². The van der Waals surface area contributed by atoms with Gasteiger partial charge in [0, 0.05) is 11.4 Å². The number of aryl methyl sites for hydroxylation is 2. The summed E-state index contributed by atoms with van der Waals surface area (Å²) in [6, 6.07) is 5.78. The number of amides is 1. The number of aromatic nitrogens is 5. The summed E-state index contributed by atoms with van der Waals surface area (Å²) in [5.74, 6) is -1.37. The van der Waals surface area contributed by atoms with E-state index in [1.165, 1.54) is 29.4 Å². The average molecular weight is 443 g/mol. The minimum Gasteiger partial charge on any atom is -0.334 e. The Morgan fingerprint density at radius 3 is 2.16 bits per heavy atom. The van der Waals surface area contributed by atoms with Crippen LogP contribution in [0.2, 0.25) is 0 Å². The molecule has 2 fully saturated rings. The molecule has 2 aliphatic rings. The van der Waals surface area contributed by atoms with Crippen molar-refractivity contribution in [2.24, 2.45) is 0 Å². The predicted octanol–water partition coefficient (Wildman–Crippen LogP) is 2.21. The van der Waals surface area contributed by atoms with Crippen molar-refractivity contribution in [2.75, 3.05) is 31.1 Å². The smallest absolute Gasteiger partial charge is 0.259 e. The molecule has 0 radical (unpaired) electrons. The molecule has 166 valence electrons. The van der Waals surface area contributed by atoms with E-state index in [1.807, 2.05) is 0 Å². The van der Waals surface area contributed by atoms with Gasteiger partial charge in [-0.15, -0.1) is 0 Å². The molecule has 4 heterocycles. The van der Waals surface area contributed by atoms with Crippen LogP contribution in [0.25, 0.3) is 5.69 Å². The summed E-state index contributed by atoms with van der Waals surface area (Å²) in [6.07, 6.45) is 2.77. The lowest BCUT2D eigenvalue weighted by Gasteiger charge is -2.23. The Morgan fingerprint density at radius 2 is 1.56 bits per heavy atom. The second kappa shape index (κ2) is 7.01. The first kappa shape index (κ1) is 20.4. The number of rotatable bonds is 3. The van der Waals surface area contributed by atoms with Crippen molar-refractivity contribution in [2.45, 2.75) is 25.2 Å². The van der Waals surface area contributed by atoms with Gasteiger partial charge in [0.1, 0.15) is 17.1 Å². The monoisotopic (exact) mass is 443 g/mol. The molecule has 5 rings (SSSR count). The highest BCUT2D eigenvalue weighted by molar-refractivity contribution is 5.98. The molecule has 8 nitrogen and oxygen atoms in total. The van der Waals surface area contributed by atoms with Crippen LogP contribution in [-0.2, 0) is 0 Å². The summed E-state index contributed by atoms with van der Waals surface area (Å²) in [5.41, 5.74) is -3.51. The number of carbonyl (C=O) groups excluding carboxylic acids is 1. The molecule has 2 aromatic heterocycles. The van der Waals surface area contributed by atoms with Crippen molar-refractivity contribution in [1.29, 1.82) is 0 Å². The fourth-order valence-electron chi connectivity index (χ4n) is 4.51. The third-order valence-corrected chi connectivity index (χ3v) is 5.95.